The minimum absolute atomic E-state index is 0.00526. The summed E-state index contributed by atoms with van der Waals surface area (Å²) in [6.45, 7) is 0.309. The van der Waals surface area contributed by atoms with Crippen LogP contribution in [0.25, 0.3) is 22.3 Å². The SMILES string of the molecule is CO[C@@H]1[C@H](P(=O)(O)OC[C@H]2O[C@@H](n3ccc(=O)[nH]c3=O)[C@H](O)[C@@H]2O)[C@@H](COP(=O)(O)OP(=O)(O)OP(=O)(O)OC[C@H]2O[C@@H]([n+]3cn(C)c4c(=O)[nH]c(N)nc43)[C@H](O)[C@@H]2CCOC(C)C)O[C@H]1n1cnc2c(N)ncnc21. The van der Waals surface area contributed by atoms with Crippen LogP contribution in [0, 0.1) is 5.92 Å². The maximum Gasteiger partial charge on any atom is 0.490 e. The molecule has 40 heteroatoms. The number of rotatable bonds is 22. The van der Waals surface area contributed by atoms with Crippen LogP contribution in [0.5, 0.6) is 0 Å². The Morgan fingerprint density at radius 2 is 1.47 bits per heavy atom. The van der Waals surface area contributed by atoms with Gasteiger partial charge in [-0.2, -0.15) is 8.62 Å². The molecular weight excluding hydrogens is 1110 g/mol. The average molecular weight is 1160 g/mol. The van der Waals surface area contributed by atoms with E-state index in [2.05, 4.69) is 33.5 Å². The number of phosphoric ester groups is 2. The van der Waals surface area contributed by atoms with Gasteiger partial charge in [0.05, 0.1) is 45.4 Å². The van der Waals surface area contributed by atoms with Gasteiger partial charge in [0.1, 0.15) is 54.1 Å². The fraction of sp³-hybridized carbons (Fsp3) is 0.611. The summed E-state index contributed by atoms with van der Waals surface area (Å²) in [6, 6.07) is 0.929. The van der Waals surface area contributed by atoms with Crippen molar-refractivity contribution in [2.24, 2.45) is 13.0 Å². The number of anilines is 2. The summed E-state index contributed by atoms with van der Waals surface area (Å²) in [5, 5.41) is 33.0. The number of hydrogen-bond donors (Lipinski definition) is 11. The number of nitrogen functional groups attached to an aromatic ring is 2. The molecule has 36 nitrogen and oxygen atoms in total. The molecule has 0 bridgehead atoms. The van der Waals surface area contributed by atoms with Crippen LogP contribution in [0.3, 0.4) is 0 Å². The van der Waals surface area contributed by atoms with Crippen LogP contribution in [0.1, 0.15) is 39.0 Å². The fourth-order valence-electron chi connectivity index (χ4n) is 8.87. The molecule has 5 aromatic rings. The second-order valence-corrected chi connectivity index (χ2v) is 24.2. The number of aliphatic hydroxyl groups excluding tert-OH is 3. The zero-order valence-electron chi connectivity index (χ0n) is 40.0. The molecule has 3 saturated heterocycles. The molecule has 3 fully saturated rings. The van der Waals surface area contributed by atoms with Crippen LogP contribution in [-0.4, -0.2) is 167 Å². The number of imidazole rings is 2. The van der Waals surface area contributed by atoms with Crippen LogP contribution in [0.2, 0.25) is 0 Å². The van der Waals surface area contributed by atoms with Crippen LogP contribution in [-0.2, 0) is 71.2 Å². The van der Waals surface area contributed by atoms with Crippen molar-refractivity contribution in [1.29, 1.82) is 0 Å². The first-order valence-electron chi connectivity index (χ1n) is 22.4. The van der Waals surface area contributed by atoms with Crippen molar-refractivity contribution in [3.8, 4) is 0 Å². The fourth-order valence-corrected chi connectivity index (χ4v) is 14.1. The Kier molecular flexibility index (Phi) is 16.9. The number of fused-ring (bicyclic) bond motifs is 2. The highest BCUT2D eigenvalue weighted by molar-refractivity contribution is 7.66. The van der Waals surface area contributed by atoms with Gasteiger partial charge in [-0.25, -0.2) is 38.0 Å². The second-order valence-electron chi connectivity index (χ2n) is 17.6. The number of aryl methyl sites for hydroxylation is 1. The van der Waals surface area contributed by atoms with Gasteiger partial charge in [0, 0.05) is 31.9 Å². The second kappa shape index (κ2) is 22.3. The zero-order valence-corrected chi connectivity index (χ0v) is 43.6. The molecule has 0 amide bonds. The largest absolute Gasteiger partial charge is 0.490 e. The lowest BCUT2D eigenvalue weighted by molar-refractivity contribution is -0.745. The Bertz CT molecular complexity index is 3320. The third-order valence-electron chi connectivity index (χ3n) is 12.2. The summed E-state index contributed by atoms with van der Waals surface area (Å²) in [6.07, 6.45) is -11.7. The van der Waals surface area contributed by atoms with Crippen LogP contribution in [0.15, 0.2) is 45.6 Å². The lowest BCUT2D eigenvalue weighted by atomic mass is 9.95. The van der Waals surface area contributed by atoms with Crippen molar-refractivity contribution in [1.82, 2.24) is 43.6 Å². The average Bonchev–Trinajstić information content (AvgIpc) is 4.13. The predicted molar refractivity (Wildman–Crippen MR) is 250 cm³/mol. The molecule has 16 atom stereocenters. The van der Waals surface area contributed by atoms with Crippen LogP contribution >= 0.6 is 31.1 Å². The van der Waals surface area contributed by atoms with Crippen molar-refractivity contribution in [2.75, 3.05) is 45.0 Å². The first-order chi connectivity index (χ1) is 35.6. The third-order valence-corrected chi connectivity index (χ3v) is 18.4. The number of aromatic amines is 2. The number of nitrogens with two attached hydrogens (primary N) is 2. The molecule has 0 saturated carbocycles. The van der Waals surface area contributed by atoms with E-state index in [1.54, 1.807) is 13.8 Å². The summed E-state index contributed by atoms with van der Waals surface area (Å²) in [7, 11) is -20.7. The smallest absolute Gasteiger partial charge is 0.387 e. The molecule has 8 heterocycles. The number of hydrogen-bond acceptors (Lipinski definition) is 26. The number of aliphatic hydroxyl groups is 3. The number of nitrogens with zero attached hydrogens (tertiary/aromatic N) is 8. The Morgan fingerprint density at radius 3 is 2.13 bits per heavy atom. The lowest BCUT2D eigenvalue weighted by Gasteiger charge is -2.28. The van der Waals surface area contributed by atoms with Gasteiger partial charge in [-0.15, -0.1) is 0 Å². The summed E-state index contributed by atoms with van der Waals surface area (Å²) in [4.78, 5) is 101. The molecular formula is C36H53N12O24P4+. The maximum absolute atomic E-state index is 14.3. The van der Waals surface area contributed by atoms with Crippen molar-refractivity contribution in [3.05, 3.63) is 62.4 Å². The van der Waals surface area contributed by atoms with Crippen molar-refractivity contribution >= 4 is 65.2 Å². The summed E-state index contributed by atoms with van der Waals surface area (Å²) in [5.41, 5.74) is 7.38. The molecule has 4 unspecified atom stereocenters. The van der Waals surface area contributed by atoms with E-state index in [9.17, 15) is 67.5 Å². The summed E-state index contributed by atoms with van der Waals surface area (Å²) >= 11 is 0. The molecule has 13 N–H and O–H groups in total. The minimum atomic E-state index is -6.20. The van der Waals surface area contributed by atoms with Gasteiger partial charge in [-0.05, 0) is 20.3 Å². The summed E-state index contributed by atoms with van der Waals surface area (Å²) in [5.74, 6) is -1.30. The summed E-state index contributed by atoms with van der Waals surface area (Å²) < 4.78 is 111. The normalized spacial score (nSPS) is 30.2. The van der Waals surface area contributed by atoms with E-state index in [0.717, 1.165) is 36.6 Å². The molecule has 8 rings (SSSR count). The van der Waals surface area contributed by atoms with E-state index in [4.69, 9.17) is 48.7 Å². The van der Waals surface area contributed by atoms with Gasteiger partial charge in [-0.3, -0.25) is 46.9 Å². The number of aromatic nitrogens is 10. The Morgan fingerprint density at radius 1 is 0.816 bits per heavy atom. The molecule has 3 aliphatic heterocycles. The maximum atomic E-state index is 14.3. The molecule has 0 aromatic carbocycles. The van der Waals surface area contributed by atoms with E-state index >= 15 is 0 Å². The zero-order chi connectivity index (χ0) is 55.4. The topological polar surface area (TPSA) is 507 Å². The van der Waals surface area contributed by atoms with Crippen molar-refractivity contribution in [3.63, 3.8) is 0 Å². The molecule has 420 valence electrons. The molecule has 76 heavy (non-hydrogen) atoms. The van der Waals surface area contributed by atoms with Crippen molar-refractivity contribution < 1.29 is 104 Å². The van der Waals surface area contributed by atoms with E-state index in [1.807, 2.05) is 4.98 Å². The first kappa shape index (κ1) is 57.6. The molecule has 3 aliphatic rings. The van der Waals surface area contributed by atoms with E-state index in [1.165, 1.54) is 27.1 Å². The highest BCUT2D eigenvalue weighted by Crippen LogP contribution is 2.68. The molecule has 0 radical (unpaired) electrons. The Balaban J connectivity index is 0.962. The number of methoxy groups -OCH3 is 1. The predicted octanol–water partition coefficient (Wildman–Crippen LogP) is -2.74. The molecule has 0 aliphatic carbocycles. The number of nitrogens with one attached hydrogen (secondary N) is 2. The quantitative estimate of drug-likeness (QED) is 0.0247. The van der Waals surface area contributed by atoms with Gasteiger partial charge in [0.2, 0.25) is 11.7 Å². The number of H-pyrrole nitrogens is 2. The standard InChI is InChI=1S/C36H52N12O24P4/c1-15(2)64-8-6-16-17(68-32(23(16)50)48-14-45(3)22-30(48)43-35(38)44-31(22)53)9-66-74(57,58)71-76(61,62)72-75(59,60)67-11-19-27(26(63-4)34(70-19)47-13-41-21-28(37)39-12-40-29(21)47)73(55,56)65-10-18-24(51)25(52)33(69-18)46-7-5-20(49)42-36(46)54/h5,7,12-19,23-27,32-34,50-52H,6,8-11H2,1-4H3,(H9-,37,38,39,40,42,43,44,49,53,54,55,56,57,58,59,60,61,62)/p+1/t16-,17-,18-,19-,23-,24-,25-,26-,27-,32-,33-,34-/m1/s1. The van der Waals surface area contributed by atoms with Gasteiger partial charge in [0.25, 0.3) is 17.1 Å². The van der Waals surface area contributed by atoms with E-state index in [-0.39, 0.29) is 53.2 Å². The lowest BCUT2D eigenvalue weighted by Crippen LogP contribution is -2.45. The Hall–Kier alpha value is -4.58. The van der Waals surface area contributed by atoms with Gasteiger partial charge < -0.3 is 74.6 Å². The Labute approximate surface area is 425 Å². The van der Waals surface area contributed by atoms with E-state index < -0.39 is 141 Å². The van der Waals surface area contributed by atoms with Crippen LogP contribution < -0.4 is 32.8 Å². The van der Waals surface area contributed by atoms with Gasteiger partial charge in [0.15, 0.2) is 30.2 Å². The highest BCUT2D eigenvalue weighted by atomic mass is 31.3. The third kappa shape index (κ3) is 12.2. The van der Waals surface area contributed by atoms with Gasteiger partial charge in [-0.1, -0.05) is 4.98 Å². The molecule has 0 spiro atoms. The van der Waals surface area contributed by atoms with Crippen LogP contribution in [0.4, 0.5) is 11.8 Å². The van der Waals surface area contributed by atoms with Crippen molar-refractivity contribution in [2.45, 2.75) is 93.4 Å². The number of ether oxygens (including phenoxy) is 5. The highest BCUT2D eigenvalue weighted by Gasteiger charge is 2.58. The molecule has 5 aromatic heterocycles. The number of phosphoric acid groups is 3. The first-order valence-corrected chi connectivity index (χ1v) is 28.6. The monoisotopic (exact) mass is 1160 g/mol. The van der Waals surface area contributed by atoms with Gasteiger partial charge >= 0.3 is 42.4 Å². The minimum Gasteiger partial charge on any atom is -0.387 e. The van der Waals surface area contributed by atoms with E-state index in [0.29, 0.717) is 0 Å².